The summed E-state index contributed by atoms with van der Waals surface area (Å²) in [5.41, 5.74) is 1.85. The van der Waals surface area contributed by atoms with Gasteiger partial charge in [-0.3, -0.25) is 9.20 Å². The first-order chi connectivity index (χ1) is 11.5. The molecule has 3 rings (SSSR count). The molecule has 122 valence electrons. The number of pyridine rings is 1. The second kappa shape index (κ2) is 6.11. The van der Waals surface area contributed by atoms with E-state index in [0.717, 1.165) is 11.6 Å². The topological polar surface area (TPSA) is 72.7 Å². The lowest BCUT2D eigenvalue weighted by atomic mass is 10.2. The van der Waals surface area contributed by atoms with E-state index in [2.05, 4.69) is 15.0 Å². The third kappa shape index (κ3) is 2.83. The number of rotatable bonds is 3. The van der Waals surface area contributed by atoms with Crippen molar-refractivity contribution < 1.29 is 18.7 Å². The highest BCUT2D eigenvalue weighted by atomic mass is 19.1. The van der Waals surface area contributed by atoms with Crippen LogP contribution < -0.4 is 5.32 Å². The maximum absolute atomic E-state index is 13.9. The molecule has 2 aromatic heterocycles. The summed E-state index contributed by atoms with van der Waals surface area (Å²) in [6.45, 7) is 1.89. The summed E-state index contributed by atoms with van der Waals surface area (Å²) in [6, 6.07) is 7.27. The Balaban J connectivity index is 1.94. The zero-order valence-electron chi connectivity index (χ0n) is 13.0. The molecule has 6 nitrogen and oxygen atoms in total. The number of amides is 1. The first-order valence-corrected chi connectivity index (χ1v) is 7.12. The minimum atomic E-state index is -0.652. The molecule has 0 unspecified atom stereocenters. The highest BCUT2D eigenvalue weighted by molar-refractivity contribution is 6.04. The van der Waals surface area contributed by atoms with E-state index in [4.69, 9.17) is 0 Å². The molecule has 0 radical (unpaired) electrons. The van der Waals surface area contributed by atoms with E-state index in [1.54, 1.807) is 16.7 Å². The summed E-state index contributed by atoms with van der Waals surface area (Å²) in [5.74, 6) is -1.80. The number of imidazole rings is 1. The van der Waals surface area contributed by atoms with Crippen LogP contribution in [-0.4, -0.2) is 28.4 Å². The zero-order valence-corrected chi connectivity index (χ0v) is 13.0. The first kappa shape index (κ1) is 15.7. The van der Waals surface area contributed by atoms with Crippen LogP contribution in [0.2, 0.25) is 0 Å². The molecule has 0 atom stereocenters. The number of halogens is 1. The van der Waals surface area contributed by atoms with E-state index in [1.807, 2.05) is 13.0 Å². The lowest BCUT2D eigenvalue weighted by Gasteiger charge is -2.08. The Morgan fingerprint density at radius 2 is 2.04 bits per heavy atom. The molecule has 0 aliphatic carbocycles. The monoisotopic (exact) mass is 327 g/mol. The van der Waals surface area contributed by atoms with Crippen LogP contribution in [-0.2, 0) is 4.74 Å². The first-order valence-electron chi connectivity index (χ1n) is 7.12. The zero-order chi connectivity index (χ0) is 17.3. The molecular weight excluding hydrogens is 313 g/mol. The highest BCUT2D eigenvalue weighted by Crippen LogP contribution is 2.18. The van der Waals surface area contributed by atoms with Crippen molar-refractivity contribution in [3.63, 3.8) is 0 Å². The molecule has 7 heteroatoms. The number of aryl methyl sites for hydroxylation is 1. The maximum Gasteiger partial charge on any atom is 0.337 e. The van der Waals surface area contributed by atoms with E-state index in [0.29, 0.717) is 5.65 Å². The summed E-state index contributed by atoms with van der Waals surface area (Å²) >= 11 is 0. The summed E-state index contributed by atoms with van der Waals surface area (Å²) in [4.78, 5) is 28.1. The molecule has 1 aromatic carbocycles. The summed E-state index contributed by atoms with van der Waals surface area (Å²) < 4.78 is 20.1. The number of hydrogen-bond donors (Lipinski definition) is 1. The number of nitrogens with one attached hydrogen (secondary N) is 1. The minimum Gasteiger partial charge on any atom is -0.465 e. The fraction of sp³-hybridized carbons (Fsp3) is 0.118. The molecule has 1 amide bonds. The molecule has 0 bridgehead atoms. The van der Waals surface area contributed by atoms with Crippen molar-refractivity contribution in [3.05, 3.63) is 65.4 Å². The van der Waals surface area contributed by atoms with Gasteiger partial charge in [-0.15, -0.1) is 0 Å². The molecule has 0 saturated carbocycles. The number of nitrogens with zero attached hydrogens (tertiary/aromatic N) is 2. The molecular formula is C17H14FN3O3. The van der Waals surface area contributed by atoms with Crippen molar-refractivity contribution in [2.45, 2.75) is 6.92 Å². The molecule has 2 heterocycles. The number of carbonyl (C=O) groups excluding carboxylic acids is 2. The average molecular weight is 327 g/mol. The minimum absolute atomic E-state index is 0.106. The largest absolute Gasteiger partial charge is 0.465 e. The van der Waals surface area contributed by atoms with Gasteiger partial charge in [0, 0.05) is 6.20 Å². The van der Waals surface area contributed by atoms with E-state index in [9.17, 15) is 14.0 Å². The van der Waals surface area contributed by atoms with Crippen LogP contribution in [0.4, 0.5) is 10.1 Å². The number of benzene rings is 1. The average Bonchev–Trinajstić information content (AvgIpc) is 2.99. The molecule has 0 aliphatic rings. The van der Waals surface area contributed by atoms with Gasteiger partial charge in [0.15, 0.2) is 0 Å². The van der Waals surface area contributed by atoms with Crippen molar-refractivity contribution in [1.82, 2.24) is 9.38 Å². The lowest BCUT2D eigenvalue weighted by molar-refractivity contribution is 0.0600. The molecule has 0 saturated heterocycles. The standard InChI is InChI=1S/C17H14FN3O3/c1-10-3-6-15-19-8-14(21(15)9-10)16(22)20-13-7-11(17(23)24-2)4-5-12(13)18/h3-9H,1-2H3,(H,20,22). The van der Waals surface area contributed by atoms with Crippen LogP contribution in [0, 0.1) is 12.7 Å². The summed E-state index contributed by atoms with van der Waals surface area (Å²) in [6.07, 6.45) is 3.17. The van der Waals surface area contributed by atoms with Crippen LogP contribution in [0.25, 0.3) is 5.65 Å². The number of esters is 1. The van der Waals surface area contributed by atoms with E-state index in [-0.39, 0.29) is 16.9 Å². The molecule has 1 N–H and O–H groups in total. The predicted octanol–water partition coefficient (Wildman–Crippen LogP) is 2.82. The van der Waals surface area contributed by atoms with Gasteiger partial charge >= 0.3 is 5.97 Å². The van der Waals surface area contributed by atoms with Gasteiger partial charge in [-0.1, -0.05) is 6.07 Å². The Morgan fingerprint density at radius 1 is 1.25 bits per heavy atom. The predicted molar refractivity (Wildman–Crippen MR) is 85.6 cm³/mol. The van der Waals surface area contributed by atoms with Crippen LogP contribution in [0.1, 0.15) is 26.4 Å². The molecule has 24 heavy (non-hydrogen) atoms. The van der Waals surface area contributed by atoms with Gasteiger partial charge in [-0.05, 0) is 36.8 Å². The number of methoxy groups -OCH3 is 1. The third-order valence-electron chi connectivity index (χ3n) is 3.52. The van der Waals surface area contributed by atoms with Crippen LogP contribution in [0.3, 0.4) is 0 Å². The molecule has 0 fully saturated rings. The molecule has 0 aliphatic heterocycles. The normalized spacial score (nSPS) is 10.6. The second-order valence-corrected chi connectivity index (χ2v) is 5.22. The van der Waals surface area contributed by atoms with Gasteiger partial charge < -0.3 is 10.1 Å². The van der Waals surface area contributed by atoms with Crippen molar-refractivity contribution in [2.75, 3.05) is 12.4 Å². The fourth-order valence-corrected chi connectivity index (χ4v) is 2.31. The number of aromatic nitrogens is 2. The Kier molecular flexibility index (Phi) is 3.99. The van der Waals surface area contributed by atoms with Crippen LogP contribution >= 0.6 is 0 Å². The summed E-state index contributed by atoms with van der Waals surface area (Å²) in [7, 11) is 1.23. The SMILES string of the molecule is COC(=O)c1ccc(F)c(NC(=O)c2cnc3ccc(C)cn23)c1. The van der Waals surface area contributed by atoms with Gasteiger partial charge in [-0.2, -0.15) is 0 Å². The van der Waals surface area contributed by atoms with Gasteiger partial charge in [0.25, 0.3) is 5.91 Å². The number of hydrogen-bond acceptors (Lipinski definition) is 4. The molecule has 3 aromatic rings. The van der Waals surface area contributed by atoms with Crippen molar-refractivity contribution >= 4 is 23.2 Å². The van der Waals surface area contributed by atoms with Gasteiger partial charge in [-0.25, -0.2) is 14.2 Å². The third-order valence-corrected chi connectivity index (χ3v) is 3.52. The second-order valence-electron chi connectivity index (χ2n) is 5.22. The van der Waals surface area contributed by atoms with Gasteiger partial charge in [0.05, 0.1) is 24.6 Å². The molecule has 0 spiro atoms. The Morgan fingerprint density at radius 3 is 2.79 bits per heavy atom. The van der Waals surface area contributed by atoms with Crippen molar-refractivity contribution in [2.24, 2.45) is 0 Å². The fourth-order valence-electron chi connectivity index (χ4n) is 2.31. The lowest BCUT2D eigenvalue weighted by Crippen LogP contribution is -2.16. The number of carbonyl (C=O) groups is 2. The number of ether oxygens (including phenoxy) is 1. The van der Waals surface area contributed by atoms with Crippen LogP contribution in [0.5, 0.6) is 0 Å². The Hall–Kier alpha value is -3.22. The van der Waals surface area contributed by atoms with Crippen molar-refractivity contribution in [1.29, 1.82) is 0 Å². The van der Waals surface area contributed by atoms with Gasteiger partial charge in [0.2, 0.25) is 0 Å². The smallest absolute Gasteiger partial charge is 0.337 e. The van der Waals surface area contributed by atoms with E-state index >= 15 is 0 Å². The number of anilines is 1. The highest BCUT2D eigenvalue weighted by Gasteiger charge is 2.16. The Bertz CT molecular complexity index is 949. The van der Waals surface area contributed by atoms with E-state index < -0.39 is 17.7 Å². The van der Waals surface area contributed by atoms with E-state index in [1.165, 1.54) is 25.4 Å². The quantitative estimate of drug-likeness (QED) is 0.751. The van der Waals surface area contributed by atoms with Gasteiger partial charge in [0.1, 0.15) is 17.2 Å². The van der Waals surface area contributed by atoms with Crippen molar-refractivity contribution in [3.8, 4) is 0 Å². The Labute approximate surface area is 136 Å². The van der Waals surface area contributed by atoms with Crippen LogP contribution in [0.15, 0.2) is 42.7 Å². The summed E-state index contributed by atoms with van der Waals surface area (Å²) in [5, 5.41) is 2.46. The maximum atomic E-state index is 13.9. The number of fused-ring (bicyclic) bond motifs is 1.